The molecule has 1 aromatic heterocycles. The number of aromatic carboxylic acids is 1. The maximum absolute atomic E-state index is 12.7. The van der Waals surface area contributed by atoms with Crippen LogP contribution in [0.3, 0.4) is 0 Å². The largest absolute Gasteiger partial charge is 0.478 e. The summed E-state index contributed by atoms with van der Waals surface area (Å²) in [7, 11) is 0. The zero-order valence-corrected chi connectivity index (χ0v) is 10.2. The molecule has 0 aliphatic carbocycles. The normalized spacial score (nSPS) is 10.3. The first-order chi connectivity index (χ1) is 8.65. The number of aromatic nitrogens is 1. The molecule has 0 fully saturated rings. The Kier molecular flexibility index (Phi) is 3.94. The summed E-state index contributed by atoms with van der Waals surface area (Å²) in [5.74, 6) is -0.630. The lowest BCUT2D eigenvalue weighted by Gasteiger charge is -2.02. The van der Waals surface area contributed by atoms with Crippen molar-refractivity contribution in [2.24, 2.45) is 0 Å². The molecular formula is C13H10FNO2S. The minimum absolute atomic E-state index is 0.172. The minimum atomic E-state index is -0.986. The van der Waals surface area contributed by atoms with Crippen LogP contribution in [0.1, 0.15) is 16.1 Å². The summed E-state index contributed by atoms with van der Waals surface area (Å²) in [4.78, 5) is 15.6. The molecule has 1 N–H and O–H groups in total. The van der Waals surface area contributed by atoms with Gasteiger partial charge < -0.3 is 5.11 Å². The molecular weight excluding hydrogens is 253 g/mol. The van der Waals surface area contributed by atoms with Gasteiger partial charge >= 0.3 is 5.97 Å². The molecule has 2 rings (SSSR count). The molecule has 0 spiro atoms. The highest BCUT2D eigenvalue weighted by Crippen LogP contribution is 2.21. The molecule has 0 saturated heterocycles. The van der Waals surface area contributed by atoms with Gasteiger partial charge in [0.1, 0.15) is 5.82 Å². The zero-order chi connectivity index (χ0) is 13.0. The maximum atomic E-state index is 12.7. The third-order valence-corrected chi connectivity index (χ3v) is 3.32. The molecule has 2 aromatic rings. The van der Waals surface area contributed by atoms with Gasteiger partial charge in [0.05, 0.1) is 11.3 Å². The average Bonchev–Trinajstić information content (AvgIpc) is 2.38. The highest BCUT2D eigenvalue weighted by Gasteiger charge is 2.03. The van der Waals surface area contributed by atoms with Gasteiger partial charge in [-0.15, -0.1) is 11.8 Å². The fraction of sp³-hybridized carbons (Fsp3) is 0.0769. The topological polar surface area (TPSA) is 50.2 Å². The fourth-order valence-electron chi connectivity index (χ4n) is 1.32. The molecule has 1 heterocycles. The third kappa shape index (κ3) is 3.30. The quantitative estimate of drug-likeness (QED) is 0.860. The second-order valence-corrected chi connectivity index (χ2v) is 4.63. The summed E-state index contributed by atoms with van der Waals surface area (Å²) in [5.41, 5.74) is 0.958. The van der Waals surface area contributed by atoms with Crippen molar-refractivity contribution in [1.82, 2.24) is 4.98 Å². The number of benzene rings is 1. The van der Waals surface area contributed by atoms with E-state index in [1.807, 2.05) is 0 Å². The van der Waals surface area contributed by atoms with Crippen molar-refractivity contribution < 1.29 is 14.3 Å². The van der Waals surface area contributed by atoms with E-state index in [9.17, 15) is 9.18 Å². The Morgan fingerprint density at radius 2 is 1.94 bits per heavy atom. The molecule has 5 heteroatoms. The first kappa shape index (κ1) is 12.6. The van der Waals surface area contributed by atoms with Crippen LogP contribution in [-0.2, 0) is 5.75 Å². The minimum Gasteiger partial charge on any atom is -0.478 e. The van der Waals surface area contributed by atoms with Crippen LogP contribution in [0.4, 0.5) is 4.39 Å². The zero-order valence-electron chi connectivity index (χ0n) is 9.34. The van der Waals surface area contributed by atoms with Gasteiger partial charge in [0.25, 0.3) is 0 Å². The molecule has 0 radical (unpaired) electrons. The van der Waals surface area contributed by atoms with Gasteiger partial charge in [0, 0.05) is 16.8 Å². The van der Waals surface area contributed by atoms with E-state index >= 15 is 0 Å². The number of rotatable bonds is 4. The van der Waals surface area contributed by atoms with Gasteiger partial charge in [0.15, 0.2) is 0 Å². The number of thioether (sulfide) groups is 1. The van der Waals surface area contributed by atoms with Crippen molar-refractivity contribution in [3.63, 3.8) is 0 Å². The van der Waals surface area contributed by atoms with E-state index in [1.165, 1.54) is 36.2 Å². The van der Waals surface area contributed by atoms with Gasteiger partial charge in [-0.2, -0.15) is 0 Å². The van der Waals surface area contributed by atoms with Crippen molar-refractivity contribution >= 4 is 17.7 Å². The van der Waals surface area contributed by atoms with Crippen molar-refractivity contribution in [2.75, 3.05) is 0 Å². The first-order valence-corrected chi connectivity index (χ1v) is 6.20. The number of nitrogens with zero attached hydrogens (tertiary/aromatic N) is 1. The Balaban J connectivity index is 1.97. The predicted molar refractivity (Wildman–Crippen MR) is 67.2 cm³/mol. The van der Waals surface area contributed by atoms with Gasteiger partial charge in [-0.3, -0.25) is 4.98 Å². The van der Waals surface area contributed by atoms with Gasteiger partial charge in [0.2, 0.25) is 0 Å². The molecule has 3 nitrogen and oxygen atoms in total. The Bertz CT molecular complexity index is 540. The molecule has 18 heavy (non-hydrogen) atoms. The number of carboxylic acid groups (broad SMARTS) is 1. The SMILES string of the molecule is O=C(O)c1ccc(CSc2ccc(F)cc2)nc1. The summed E-state index contributed by atoms with van der Waals surface area (Å²) in [6.07, 6.45) is 1.34. The average molecular weight is 263 g/mol. The summed E-state index contributed by atoms with van der Waals surface area (Å²) in [6, 6.07) is 9.42. The number of pyridine rings is 1. The Labute approximate surface area is 108 Å². The van der Waals surface area contributed by atoms with Gasteiger partial charge in [-0.05, 0) is 36.4 Å². The molecule has 0 aliphatic rings. The van der Waals surface area contributed by atoms with Crippen LogP contribution >= 0.6 is 11.8 Å². The van der Waals surface area contributed by atoms with E-state index in [1.54, 1.807) is 18.2 Å². The van der Waals surface area contributed by atoms with Crippen LogP contribution in [0.25, 0.3) is 0 Å². The third-order valence-electron chi connectivity index (χ3n) is 2.27. The molecule has 92 valence electrons. The molecule has 0 atom stereocenters. The van der Waals surface area contributed by atoms with E-state index < -0.39 is 5.97 Å². The van der Waals surface area contributed by atoms with Crippen LogP contribution < -0.4 is 0 Å². The van der Waals surface area contributed by atoms with Crippen LogP contribution in [0.2, 0.25) is 0 Å². The number of halogens is 1. The Morgan fingerprint density at radius 3 is 2.50 bits per heavy atom. The summed E-state index contributed by atoms with van der Waals surface area (Å²) in [5, 5.41) is 8.73. The number of hydrogen-bond donors (Lipinski definition) is 1. The summed E-state index contributed by atoms with van der Waals surface area (Å²) >= 11 is 1.52. The van der Waals surface area contributed by atoms with Gasteiger partial charge in [-0.25, -0.2) is 9.18 Å². The fourth-order valence-corrected chi connectivity index (χ4v) is 2.14. The number of carbonyl (C=O) groups is 1. The molecule has 0 aliphatic heterocycles. The Morgan fingerprint density at radius 1 is 1.22 bits per heavy atom. The predicted octanol–water partition coefficient (Wildman–Crippen LogP) is 3.21. The van der Waals surface area contributed by atoms with Gasteiger partial charge in [-0.1, -0.05) is 0 Å². The highest BCUT2D eigenvalue weighted by molar-refractivity contribution is 7.98. The van der Waals surface area contributed by atoms with Crippen molar-refractivity contribution in [2.45, 2.75) is 10.6 Å². The molecule has 0 amide bonds. The van der Waals surface area contributed by atoms with E-state index in [2.05, 4.69) is 4.98 Å². The van der Waals surface area contributed by atoms with E-state index in [-0.39, 0.29) is 11.4 Å². The van der Waals surface area contributed by atoms with Crippen molar-refractivity contribution in [3.05, 3.63) is 59.7 Å². The lowest BCUT2D eigenvalue weighted by Crippen LogP contribution is -1.97. The second kappa shape index (κ2) is 5.64. The van der Waals surface area contributed by atoms with Crippen LogP contribution in [0, 0.1) is 5.82 Å². The molecule has 0 unspecified atom stereocenters. The van der Waals surface area contributed by atoms with E-state index in [4.69, 9.17) is 5.11 Å². The van der Waals surface area contributed by atoms with E-state index in [0.29, 0.717) is 5.75 Å². The molecule has 0 saturated carbocycles. The first-order valence-electron chi connectivity index (χ1n) is 5.22. The van der Waals surface area contributed by atoms with Crippen molar-refractivity contribution in [1.29, 1.82) is 0 Å². The van der Waals surface area contributed by atoms with Crippen LogP contribution in [-0.4, -0.2) is 16.1 Å². The maximum Gasteiger partial charge on any atom is 0.337 e. The molecule has 0 bridgehead atoms. The van der Waals surface area contributed by atoms with Crippen LogP contribution in [0.5, 0.6) is 0 Å². The smallest absolute Gasteiger partial charge is 0.337 e. The summed E-state index contributed by atoms with van der Waals surface area (Å²) < 4.78 is 12.7. The van der Waals surface area contributed by atoms with E-state index in [0.717, 1.165) is 10.6 Å². The number of hydrogen-bond acceptors (Lipinski definition) is 3. The van der Waals surface area contributed by atoms with Crippen LogP contribution in [0.15, 0.2) is 47.5 Å². The number of carboxylic acids is 1. The Hall–Kier alpha value is -1.88. The standard InChI is InChI=1S/C13H10FNO2S/c14-10-2-5-12(6-3-10)18-8-11-4-1-9(7-15-11)13(16)17/h1-7H,8H2,(H,16,17). The molecule has 1 aromatic carbocycles. The summed E-state index contributed by atoms with van der Waals surface area (Å²) in [6.45, 7) is 0. The second-order valence-electron chi connectivity index (χ2n) is 3.59. The lowest BCUT2D eigenvalue weighted by atomic mass is 10.2. The highest BCUT2D eigenvalue weighted by atomic mass is 32.2. The monoisotopic (exact) mass is 263 g/mol. The lowest BCUT2D eigenvalue weighted by molar-refractivity contribution is 0.0696. The van der Waals surface area contributed by atoms with Crippen molar-refractivity contribution in [3.8, 4) is 0 Å².